The van der Waals surface area contributed by atoms with E-state index in [2.05, 4.69) is 68.5 Å². The van der Waals surface area contributed by atoms with E-state index >= 15 is 0 Å². The highest BCUT2D eigenvalue weighted by atomic mass is 31.2. The fraction of sp³-hybridized carbons (Fsp3) is 0.333. The zero-order chi connectivity index (χ0) is 28.9. The molecule has 4 nitrogen and oxygen atoms in total. The van der Waals surface area contributed by atoms with Crippen molar-refractivity contribution < 1.29 is 18.5 Å². The third kappa shape index (κ3) is 5.13. The minimum Gasteiger partial charge on any atom is -0.439 e. The number of benzene rings is 2. The lowest BCUT2D eigenvalue weighted by Gasteiger charge is -2.36. The quantitative estimate of drug-likeness (QED) is 0.337. The monoisotopic (exact) mass is 597 g/mol. The lowest BCUT2D eigenvalue weighted by atomic mass is 9.89. The molecule has 1 N–H and O–H groups in total. The summed E-state index contributed by atoms with van der Waals surface area (Å²) in [4.78, 5) is 12.2. The smallest absolute Gasteiger partial charge is 0.328 e. The molecule has 0 amide bonds. The average Bonchev–Trinajstić information content (AvgIpc) is 2.98. The SMILES string of the molecule is CC(C)CC1=CCC2C(=C1)c1ccccc1O[P+]2(O)CC1=CCC(CP2(=O)Oc3ccccc3C3=C2C=CCC3)C=C1. The van der Waals surface area contributed by atoms with Crippen LogP contribution in [0.25, 0.3) is 11.1 Å². The summed E-state index contributed by atoms with van der Waals surface area (Å²) in [6.45, 7) is 4.50. The molecule has 0 aromatic heterocycles. The van der Waals surface area contributed by atoms with Crippen molar-refractivity contribution in [2.45, 2.75) is 51.6 Å². The first-order valence-corrected chi connectivity index (χ1v) is 19.0. The highest BCUT2D eigenvalue weighted by Gasteiger charge is 2.55. The van der Waals surface area contributed by atoms with E-state index in [0.29, 0.717) is 18.2 Å². The summed E-state index contributed by atoms with van der Waals surface area (Å²) >= 11 is 0. The van der Waals surface area contributed by atoms with Gasteiger partial charge in [0, 0.05) is 29.3 Å². The van der Waals surface area contributed by atoms with E-state index in [0.717, 1.165) is 65.6 Å². The first-order chi connectivity index (χ1) is 20.3. The van der Waals surface area contributed by atoms with Crippen LogP contribution in [-0.4, -0.2) is 22.9 Å². The molecule has 42 heavy (non-hydrogen) atoms. The van der Waals surface area contributed by atoms with Crippen molar-refractivity contribution in [2.75, 3.05) is 12.3 Å². The van der Waals surface area contributed by atoms with Gasteiger partial charge in [0.2, 0.25) is 0 Å². The summed E-state index contributed by atoms with van der Waals surface area (Å²) in [5.74, 6) is 2.23. The standard InChI is InChI=1S/C36H39O4P2/c1-25(2)21-28-19-20-36-32(22-28)30-10-4-7-13-34(30)40-42(36,38)24-27-17-15-26(16-18-27)23-41(37)35-14-8-5-11-31(35)29-9-3-6-12-33(29)39-41/h3-4,6-10,12-15,17-19,22,25-26,36,38H,5,11,16,20-21,23-24H2,1-2H3/q+1. The van der Waals surface area contributed by atoms with Crippen LogP contribution >= 0.6 is 15.1 Å². The Kier molecular flexibility index (Phi) is 7.30. The van der Waals surface area contributed by atoms with Gasteiger partial charge in [-0.25, -0.2) is 4.89 Å². The summed E-state index contributed by atoms with van der Waals surface area (Å²) in [7, 11) is -5.86. The number of hydrogen-bond acceptors (Lipinski definition) is 4. The zero-order valence-electron chi connectivity index (χ0n) is 24.4. The number of allylic oxidation sites excluding steroid dienone is 12. The molecule has 3 aliphatic carbocycles. The highest BCUT2D eigenvalue weighted by molar-refractivity contribution is 7.67. The Morgan fingerprint density at radius 1 is 0.976 bits per heavy atom. The number of fused-ring (bicyclic) bond motifs is 5. The molecule has 2 aromatic carbocycles. The molecule has 2 aliphatic heterocycles. The lowest BCUT2D eigenvalue weighted by molar-refractivity contribution is 0.441. The topological polar surface area (TPSA) is 55.8 Å². The van der Waals surface area contributed by atoms with Crippen LogP contribution in [0, 0.1) is 11.8 Å². The number of hydrogen-bond donors (Lipinski definition) is 1. The second-order valence-electron chi connectivity index (χ2n) is 12.6. The molecule has 4 atom stereocenters. The van der Waals surface area contributed by atoms with E-state index in [-0.39, 0.29) is 11.6 Å². The second kappa shape index (κ2) is 11.0. The minimum atomic E-state index is -3.05. The maximum Gasteiger partial charge on any atom is 0.328 e. The molecule has 4 unspecified atom stereocenters. The van der Waals surface area contributed by atoms with Crippen molar-refractivity contribution in [3.63, 3.8) is 0 Å². The van der Waals surface area contributed by atoms with Crippen LogP contribution in [0.15, 0.2) is 108 Å². The molecule has 0 saturated heterocycles. The molecule has 0 saturated carbocycles. The van der Waals surface area contributed by atoms with Gasteiger partial charge in [-0.05, 0) is 60.8 Å². The molecule has 0 fully saturated rings. The van der Waals surface area contributed by atoms with E-state index in [1.54, 1.807) is 0 Å². The van der Waals surface area contributed by atoms with Gasteiger partial charge in [0.1, 0.15) is 11.9 Å². The third-order valence-corrected chi connectivity index (χ3v) is 14.4. The predicted octanol–water partition coefficient (Wildman–Crippen LogP) is 9.98. The molecule has 2 heterocycles. The Bertz CT molecular complexity index is 1660. The molecule has 0 bridgehead atoms. The van der Waals surface area contributed by atoms with E-state index in [1.807, 2.05) is 36.4 Å². The Morgan fingerprint density at radius 2 is 1.74 bits per heavy atom. The Balaban J connectivity index is 1.10. The van der Waals surface area contributed by atoms with Gasteiger partial charge in [-0.1, -0.05) is 98.4 Å². The van der Waals surface area contributed by atoms with E-state index < -0.39 is 15.1 Å². The summed E-state index contributed by atoms with van der Waals surface area (Å²) < 4.78 is 27.2. The number of rotatable bonds is 6. The summed E-state index contributed by atoms with van der Waals surface area (Å²) in [5.41, 5.74) is 7.03. The van der Waals surface area contributed by atoms with Crippen molar-refractivity contribution >= 4 is 26.2 Å². The normalized spacial score (nSPS) is 29.3. The Morgan fingerprint density at radius 3 is 2.52 bits per heavy atom. The van der Waals surface area contributed by atoms with Crippen molar-refractivity contribution in [2.24, 2.45) is 11.8 Å². The van der Waals surface area contributed by atoms with Gasteiger partial charge < -0.3 is 9.05 Å². The van der Waals surface area contributed by atoms with Gasteiger partial charge in [0.25, 0.3) is 7.37 Å². The van der Waals surface area contributed by atoms with Crippen LogP contribution < -0.4 is 9.05 Å². The fourth-order valence-corrected chi connectivity index (χ4v) is 12.5. The number of para-hydroxylation sites is 2. The Labute approximate surface area is 250 Å². The van der Waals surface area contributed by atoms with Crippen molar-refractivity contribution in [3.05, 3.63) is 119 Å². The fourth-order valence-electron chi connectivity index (χ4n) is 7.07. The molecule has 0 radical (unpaired) electrons. The van der Waals surface area contributed by atoms with Crippen LogP contribution in [0.2, 0.25) is 0 Å². The van der Waals surface area contributed by atoms with Crippen molar-refractivity contribution in [1.82, 2.24) is 0 Å². The maximum absolute atomic E-state index is 14.4. The Hall–Kier alpha value is -2.90. The van der Waals surface area contributed by atoms with Crippen LogP contribution in [0.4, 0.5) is 0 Å². The molecular formula is C36H39O4P2+. The summed E-state index contributed by atoms with van der Waals surface area (Å²) in [6.07, 6.45) is 20.8. The highest BCUT2D eigenvalue weighted by Crippen LogP contribution is 2.70. The van der Waals surface area contributed by atoms with Gasteiger partial charge >= 0.3 is 7.72 Å². The van der Waals surface area contributed by atoms with E-state index in [9.17, 15) is 9.46 Å². The first-order valence-electron chi connectivity index (χ1n) is 15.3. The maximum atomic E-state index is 14.4. The van der Waals surface area contributed by atoms with Gasteiger partial charge in [-0.2, -0.15) is 0 Å². The molecule has 2 aromatic rings. The van der Waals surface area contributed by atoms with Crippen LogP contribution in [-0.2, 0) is 4.57 Å². The molecule has 7 rings (SSSR count). The van der Waals surface area contributed by atoms with Crippen molar-refractivity contribution in [1.29, 1.82) is 0 Å². The van der Waals surface area contributed by atoms with Crippen LogP contribution in [0.3, 0.4) is 0 Å². The molecule has 0 spiro atoms. The van der Waals surface area contributed by atoms with E-state index in [4.69, 9.17) is 9.05 Å². The summed E-state index contributed by atoms with van der Waals surface area (Å²) in [5, 5.41) is 0.895. The van der Waals surface area contributed by atoms with Crippen molar-refractivity contribution in [3.8, 4) is 11.5 Å². The van der Waals surface area contributed by atoms with Crippen LogP contribution in [0.5, 0.6) is 11.5 Å². The molecule has 5 aliphatic rings. The molecule has 6 heteroatoms. The van der Waals surface area contributed by atoms with Gasteiger partial charge in [0.15, 0.2) is 11.4 Å². The summed E-state index contributed by atoms with van der Waals surface area (Å²) in [6, 6.07) is 16.1. The lowest BCUT2D eigenvalue weighted by Crippen LogP contribution is -2.28. The molecule has 216 valence electrons. The molecular weight excluding hydrogens is 558 g/mol. The van der Waals surface area contributed by atoms with Gasteiger partial charge in [0.05, 0.1) is 5.31 Å². The second-order valence-corrected chi connectivity index (χ2v) is 17.6. The zero-order valence-corrected chi connectivity index (χ0v) is 26.2. The third-order valence-electron chi connectivity index (χ3n) is 9.01. The minimum absolute atomic E-state index is 0.0228. The predicted molar refractivity (Wildman–Crippen MR) is 175 cm³/mol. The van der Waals surface area contributed by atoms with Gasteiger partial charge in [-0.15, -0.1) is 0 Å². The van der Waals surface area contributed by atoms with E-state index in [1.165, 1.54) is 16.7 Å². The largest absolute Gasteiger partial charge is 0.439 e. The van der Waals surface area contributed by atoms with Crippen LogP contribution in [0.1, 0.15) is 57.1 Å². The average molecular weight is 598 g/mol. The van der Waals surface area contributed by atoms with Gasteiger partial charge in [-0.3, -0.25) is 4.57 Å². The first kappa shape index (κ1) is 27.9.